The van der Waals surface area contributed by atoms with Crippen molar-refractivity contribution in [2.75, 3.05) is 6.54 Å². The summed E-state index contributed by atoms with van der Waals surface area (Å²) in [4.78, 5) is 0. The van der Waals surface area contributed by atoms with E-state index in [1.807, 2.05) is 0 Å². The van der Waals surface area contributed by atoms with Crippen molar-refractivity contribution in [2.45, 2.75) is 52.4 Å². The molecule has 2 unspecified atom stereocenters. The van der Waals surface area contributed by atoms with Crippen LogP contribution in [0.5, 0.6) is 0 Å². The number of hydrogen-bond donors (Lipinski definition) is 1. The van der Waals surface area contributed by atoms with Crippen LogP contribution in [-0.2, 0) is 12.7 Å². The molecule has 0 saturated heterocycles. The van der Waals surface area contributed by atoms with Gasteiger partial charge in [0.25, 0.3) is 0 Å². The van der Waals surface area contributed by atoms with E-state index in [0.717, 1.165) is 25.5 Å². The molecule has 0 radical (unpaired) electrons. The molecule has 1 N–H and O–H groups in total. The lowest BCUT2D eigenvalue weighted by molar-refractivity contribution is -0.141. The first-order valence-corrected chi connectivity index (χ1v) is 6.72. The van der Waals surface area contributed by atoms with Crippen LogP contribution in [0.25, 0.3) is 0 Å². The van der Waals surface area contributed by atoms with Crippen LogP contribution >= 0.6 is 0 Å². The van der Waals surface area contributed by atoms with Gasteiger partial charge < -0.3 is 5.32 Å². The van der Waals surface area contributed by atoms with E-state index in [9.17, 15) is 13.2 Å². The van der Waals surface area contributed by atoms with Gasteiger partial charge in [-0.3, -0.25) is 4.68 Å². The summed E-state index contributed by atoms with van der Waals surface area (Å²) in [5, 5.41) is 6.97. The van der Waals surface area contributed by atoms with E-state index in [1.165, 1.54) is 10.9 Å². The SMILES string of the molecule is CCCNC(Cn1ccc(C(F)(F)F)n1)C(C)CC. The van der Waals surface area contributed by atoms with Crippen molar-refractivity contribution in [3.63, 3.8) is 0 Å². The average molecular weight is 277 g/mol. The van der Waals surface area contributed by atoms with Crippen molar-refractivity contribution < 1.29 is 13.2 Å². The molecule has 1 heterocycles. The first-order chi connectivity index (χ1) is 8.88. The monoisotopic (exact) mass is 277 g/mol. The van der Waals surface area contributed by atoms with Gasteiger partial charge in [0.2, 0.25) is 0 Å². The Morgan fingerprint density at radius 3 is 2.53 bits per heavy atom. The van der Waals surface area contributed by atoms with Crippen molar-refractivity contribution >= 4 is 0 Å². The molecular formula is C13H22F3N3. The average Bonchev–Trinajstić information content (AvgIpc) is 2.81. The minimum Gasteiger partial charge on any atom is -0.312 e. The summed E-state index contributed by atoms with van der Waals surface area (Å²) in [5.41, 5.74) is -0.828. The van der Waals surface area contributed by atoms with Crippen LogP contribution in [0.4, 0.5) is 13.2 Å². The van der Waals surface area contributed by atoms with Crippen LogP contribution in [0.3, 0.4) is 0 Å². The highest BCUT2D eigenvalue weighted by Crippen LogP contribution is 2.27. The van der Waals surface area contributed by atoms with Crippen molar-refractivity contribution in [1.82, 2.24) is 15.1 Å². The lowest BCUT2D eigenvalue weighted by Gasteiger charge is -2.24. The molecule has 2 atom stereocenters. The summed E-state index contributed by atoms with van der Waals surface area (Å²) < 4.78 is 38.8. The maximum atomic E-state index is 12.5. The van der Waals surface area contributed by atoms with Crippen LogP contribution in [0.2, 0.25) is 0 Å². The highest BCUT2D eigenvalue weighted by atomic mass is 19.4. The summed E-state index contributed by atoms with van der Waals surface area (Å²) in [5.74, 6) is 0.394. The minimum absolute atomic E-state index is 0.144. The van der Waals surface area contributed by atoms with Gasteiger partial charge in [0.15, 0.2) is 5.69 Å². The Hall–Kier alpha value is -1.04. The Kier molecular flexibility index (Phi) is 5.85. The molecule has 0 fully saturated rings. The number of nitrogens with zero attached hydrogens (tertiary/aromatic N) is 2. The molecule has 3 nitrogen and oxygen atoms in total. The van der Waals surface area contributed by atoms with Gasteiger partial charge in [-0.15, -0.1) is 0 Å². The van der Waals surface area contributed by atoms with E-state index >= 15 is 0 Å². The molecule has 0 bridgehead atoms. The second-order valence-corrected chi connectivity index (χ2v) is 4.87. The second-order valence-electron chi connectivity index (χ2n) is 4.87. The second kappa shape index (κ2) is 6.93. The first kappa shape index (κ1) is 16.0. The molecule has 0 aliphatic carbocycles. The molecule has 0 aliphatic rings. The maximum Gasteiger partial charge on any atom is 0.435 e. The molecule has 0 aliphatic heterocycles. The number of nitrogens with one attached hydrogen (secondary N) is 1. The molecule has 110 valence electrons. The number of alkyl halides is 3. The van der Waals surface area contributed by atoms with Crippen LogP contribution in [0.1, 0.15) is 39.3 Å². The molecule has 0 saturated carbocycles. The largest absolute Gasteiger partial charge is 0.435 e. The quantitative estimate of drug-likeness (QED) is 0.828. The maximum absolute atomic E-state index is 12.5. The van der Waals surface area contributed by atoms with E-state index in [4.69, 9.17) is 0 Å². The summed E-state index contributed by atoms with van der Waals surface area (Å²) in [7, 11) is 0. The van der Waals surface area contributed by atoms with Crippen molar-refractivity contribution in [3.8, 4) is 0 Å². The Balaban J connectivity index is 2.70. The molecular weight excluding hydrogens is 255 g/mol. The van der Waals surface area contributed by atoms with Gasteiger partial charge in [-0.05, 0) is 24.9 Å². The zero-order valence-electron chi connectivity index (χ0n) is 11.7. The number of rotatable bonds is 7. The molecule has 0 amide bonds. The van der Waals surface area contributed by atoms with E-state index in [-0.39, 0.29) is 6.04 Å². The summed E-state index contributed by atoms with van der Waals surface area (Å²) in [6.07, 6.45) is -0.992. The molecule has 0 aromatic carbocycles. The zero-order valence-corrected chi connectivity index (χ0v) is 11.7. The number of hydrogen-bond acceptors (Lipinski definition) is 2. The van der Waals surface area contributed by atoms with Gasteiger partial charge in [-0.1, -0.05) is 27.2 Å². The third kappa shape index (κ3) is 4.86. The minimum atomic E-state index is -4.37. The third-order valence-corrected chi connectivity index (χ3v) is 3.30. The predicted molar refractivity (Wildman–Crippen MR) is 68.8 cm³/mol. The fraction of sp³-hybridized carbons (Fsp3) is 0.769. The topological polar surface area (TPSA) is 29.9 Å². The molecule has 0 spiro atoms. The molecule has 1 rings (SSSR count). The van der Waals surface area contributed by atoms with Crippen LogP contribution < -0.4 is 5.32 Å². The van der Waals surface area contributed by atoms with Crippen molar-refractivity contribution in [2.24, 2.45) is 5.92 Å². The highest BCUT2D eigenvalue weighted by Gasteiger charge is 2.33. The lowest BCUT2D eigenvalue weighted by Crippen LogP contribution is -2.39. The lowest BCUT2D eigenvalue weighted by atomic mass is 9.99. The number of halogens is 3. The summed E-state index contributed by atoms with van der Waals surface area (Å²) in [6.45, 7) is 7.57. The van der Waals surface area contributed by atoms with Crippen LogP contribution in [0.15, 0.2) is 12.3 Å². The zero-order chi connectivity index (χ0) is 14.5. The smallest absolute Gasteiger partial charge is 0.312 e. The third-order valence-electron chi connectivity index (χ3n) is 3.30. The van der Waals surface area contributed by atoms with Gasteiger partial charge in [0, 0.05) is 12.2 Å². The molecule has 6 heteroatoms. The fourth-order valence-electron chi connectivity index (χ4n) is 1.88. The summed E-state index contributed by atoms with van der Waals surface area (Å²) >= 11 is 0. The van der Waals surface area contributed by atoms with Gasteiger partial charge >= 0.3 is 6.18 Å². The van der Waals surface area contributed by atoms with Gasteiger partial charge in [0.1, 0.15) is 0 Å². The summed E-state index contributed by atoms with van der Waals surface area (Å²) in [6, 6.07) is 1.17. The number of aromatic nitrogens is 2. The van der Waals surface area contributed by atoms with Crippen LogP contribution in [0, 0.1) is 5.92 Å². The van der Waals surface area contributed by atoms with Crippen molar-refractivity contribution in [3.05, 3.63) is 18.0 Å². The Labute approximate surface area is 112 Å². The van der Waals surface area contributed by atoms with Gasteiger partial charge in [0.05, 0.1) is 6.54 Å². The molecule has 1 aromatic rings. The van der Waals surface area contributed by atoms with E-state index in [2.05, 4.69) is 31.2 Å². The molecule has 1 aromatic heterocycles. The normalized spacial score (nSPS) is 15.5. The van der Waals surface area contributed by atoms with Crippen LogP contribution in [-0.4, -0.2) is 22.4 Å². The predicted octanol–water partition coefficient (Wildman–Crippen LogP) is 3.32. The van der Waals surface area contributed by atoms with E-state index in [0.29, 0.717) is 12.5 Å². The van der Waals surface area contributed by atoms with Crippen molar-refractivity contribution in [1.29, 1.82) is 0 Å². The Bertz CT molecular complexity index is 373. The Morgan fingerprint density at radius 2 is 2.05 bits per heavy atom. The molecule has 19 heavy (non-hydrogen) atoms. The standard InChI is InChI=1S/C13H22F3N3/c1-4-7-17-11(10(3)5-2)9-19-8-6-12(18-19)13(14,15)16/h6,8,10-11,17H,4-5,7,9H2,1-3H3. The highest BCUT2D eigenvalue weighted by molar-refractivity contribution is 5.03. The fourth-order valence-corrected chi connectivity index (χ4v) is 1.88. The first-order valence-electron chi connectivity index (χ1n) is 6.72. The van der Waals surface area contributed by atoms with Gasteiger partial charge in [-0.2, -0.15) is 18.3 Å². The van der Waals surface area contributed by atoms with E-state index in [1.54, 1.807) is 0 Å². The van der Waals surface area contributed by atoms with Gasteiger partial charge in [-0.25, -0.2) is 0 Å². The van der Waals surface area contributed by atoms with E-state index < -0.39 is 11.9 Å². The Morgan fingerprint density at radius 1 is 1.37 bits per heavy atom.